The molecule has 1 aliphatic rings. The molecule has 0 saturated carbocycles. The molecular weight excluding hydrogens is 394 g/mol. The SMILES string of the molecule is CCCCCCCCC1(NC(C)=O)C=CC(CCC(C(=O)OCC)C(=O)OCC)=CC1. The summed E-state index contributed by atoms with van der Waals surface area (Å²) in [4.78, 5) is 36.1. The maximum absolute atomic E-state index is 12.2. The van der Waals surface area contributed by atoms with Gasteiger partial charge in [0, 0.05) is 6.92 Å². The van der Waals surface area contributed by atoms with Gasteiger partial charge in [0.25, 0.3) is 0 Å². The normalized spacial score (nSPS) is 17.9. The van der Waals surface area contributed by atoms with Crippen molar-refractivity contribution in [2.75, 3.05) is 13.2 Å². The molecule has 0 radical (unpaired) electrons. The fourth-order valence-corrected chi connectivity index (χ4v) is 3.94. The molecule has 1 unspecified atom stereocenters. The van der Waals surface area contributed by atoms with Gasteiger partial charge in [-0.05, 0) is 39.5 Å². The van der Waals surface area contributed by atoms with Crippen LogP contribution in [-0.2, 0) is 23.9 Å². The highest BCUT2D eigenvalue weighted by Gasteiger charge is 2.31. The molecule has 0 spiro atoms. The number of ether oxygens (including phenoxy) is 2. The van der Waals surface area contributed by atoms with Gasteiger partial charge in [-0.1, -0.05) is 69.2 Å². The average Bonchev–Trinajstić information content (AvgIpc) is 2.72. The summed E-state index contributed by atoms with van der Waals surface area (Å²) in [5, 5.41) is 3.13. The second-order valence-electron chi connectivity index (χ2n) is 8.27. The van der Waals surface area contributed by atoms with Gasteiger partial charge in [0.1, 0.15) is 0 Å². The molecule has 6 nitrogen and oxygen atoms in total. The third kappa shape index (κ3) is 10.2. The summed E-state index contributed by atoms with van der Waals surface area (Å²) < 4.78 is 10.1. The van der Waals surface area contributed by atoms with E-state index in [-0.39, 0.29) is 24.7 Å². The number of carbonyl (C=O) groups is 3. The minimum Gasteiger partial charge on any atom is -0.465 e. The van der Waals surface area contributed by atoms with E-state index < -0.39 is 17.9 Å². The van der Waals surface area contributed by atoms with E-state index in [0.29, 0.717) is 12.8 Å². The summed E-state index contributed by atoms with van der Waals surface area (Å²) in [7, 11) is 0. The van der Waals surface area contributed by atoms with Crippen LogP contribution in [0.25, 0.3) is 0 Å². The van der Waals surface area contributed by atoms with Crippen LogP contribution in [0.2, 0.25) is 0 Å². The Balaban J connectivity index is 2.67. The lowest BCUT2D eigenvalue weighted by Gasteiger charge is -2.33. The second kappa shape index (κ2) is 14.8. The van der Waals surface area contributed by atoms with Crippen molar-refractivity contribution >= 4 is 17.8 Å². The first-order chi connectivity index (χ1) is 14.9. The zero-order valence-corrected chi connectivity index (χ0v) is 19.8. The van der Waals surface area contributed by atoms with E-state index in [0.717, 1.165) is 24.8 Å². The van der Waals surface area contributed by atoms with E-state index >= 15 is 0 Å². The molecule has 0 aliphatic heterocycles. The Hall–Kier alpha value is -2.11. The lowest BCUT2D eigenvalue weighted by Crippen LogP contribution is -2.46. The minimum absolute atomic E-state index is 0.0304. The van der Waals surface area contributed by atoms with Gasteiger partial charge in [0.15, 0.2) is 5.92 Å². The Bertz CT molecular complexity index is 622. The summed E-state index contributed by atoms with van der Waals surface area (Å²) in [6, 6.07) is 0. The van der Waals surface area contributed by atoms with Gasteiger partial charge in [0.2, 0.25) is 5.91 Å². The Morgan fingerprint density at radius 3 is 2.13 bits per heavy atom. The molecule has 31 heavy (non-hydrogen) atoms. The fourth-order valence-electron chi connectivity index (χ4n) is 3.94. The Labute approximate surface area is 187 Å². The van der Waals surface area contributed by atoms with Crippen LogP contribution in [0.1, 0.15) is 91.9 Å². The van der Waals surface area contributed by atoms with E-state index in [9.17, 15) is 14.4 Å². The lowest BCUT2D eigenvalue weighted by atomic mass is 9.82. The van der Waals surface area contributed by atoms with Crippen LogP contribution in [0.4, 0.5) is 0 Å². The quantitative estimate of drug-likeness (QED) is 0.222. The fraction of sp³-hybridized carbons (Fsp3) is 0.720. The van der Waals surface area contributed by atoms with E-state index in [2.05, 4.69) is 24.4 Å². The van der Waals surface area contributed by atoms with Crippen LogP contribution in [-0.4, -0.2) is 36.6 Å². The molecule has 1 N–H and O–H groups in total. The highest BCUT2D eigenvalue weighted by molar-refractivity contribution is 5.94. The third-order valence-electron chi connectivity index (χ3n) is 5.61. The zero-order valence-electron chi connectivity index (χ0n) is 19.8. The average molecular weight is 436 g/mol. The summed E-state index contributed by atoms with van der Waals surface area (Å²) in [5.74, 6) is -1.99. The van der Waals surface area contributed by atoms with Crippen LogP contribution in [0.5, 0.6) is 0 Å². The summed E-state index contributed by atoms with van der Waals surface area (Å²) >= 11 is 0. The number of unbranched alkanes of at least 4 members (excludes halogenated alkanes) is 5. The maximum atomic E-state index is 12.2. The lowest BCUT2D eigenvalue weighted by molar-refractivity contribution is -0.161. The van der Waals surface area contributed by atoms with Gasteiger partial charge >= 0.3 is 11.9 Å². The maximum Gasteiger partial charge on any atom is 0.320 e. The molecule has 1 aliphatic carbocycles. The number of nitrogens with one attached hydrogen (secondary N) is 1. The largest absolute Gasteiger partial charge is 0.465 e. The van der Waals surface area contributed by atoms with Crippen LogP contribution in [0.3, 0.4) is 0 Å². The number of esters is 2. The van der Waals surface area contributed by atoms with Gasteiger partial charge in [-0.25, -0.2) is 0 Å². The van der Waals surface area contributed by atoms with E-state index in [1.807, 2.05) is 6.08 Å². The summed E-state index contributed by atoms with van der Waals surface area (Å²) in [5.41, 5.74) is 0.712. The van der Waals surface area contributed by atoms with Crippen molar-refractivity contribution in [1.29, 1.82) is 0 Å². The zero-order chi connectivity index (χ0) is 23.1. The van der Waals surface area contributed by atoms with Gasteiger partial charge in [-0.3, -0.25) is 14.4 Å². The molecular formula is C25H41NO5. The monoisotopic (exact) mass is 435 g/mol. The molecule has 0 aromatic rings. The van der Waals surface area contributed by atoms with Crippen LogP contribution < -0.4 is 5.32 Å². The minimum atomic E-state index is -0.903. The van der Waals surface area contributed by atoms with E-state index in [4.69, 9.17) is 9.47 Å². The Morgan fingerprint density at radius 1 is 1.00 bits per heavy atom. The number of hydrogen-bond donors (Lipinski definition) is 1. The molecule has 6 heteroatoms. The molecule has 1 amide bonds. The van der Waals surface area contributed by atoms with Crippen LogP contribution in [0.15, 0.2) is 23.8 Å². The van der Waals surface area contributed by atoms with Gasteiger partial charge < -0.3 is 14.8 Å². The van der Waals surface area contributed by atoms with Crippen molar-refractivity contribution in [2.45, 2.75) is 97.4 Å². The van der Waals surface area contributed by atoms with Gasteiger partial charge in [0.05, 0.1) is 18.8 Å². The van der Waals surface area contributed by atoms with Crippen molar-refractivity contribution < 1.29 is 23.9 Å². The van der Waals surface area contributed by atoms with Crippen LogP contribution in [0, 0.1) is 5.92 Å². The number of amides is 1. The summed E-state index contributed by atoms with van der Waals surface area (Å²) in [6.45, 7) is 7.67. The third-order valence-corrected chi connectivity index (χ3v) is 5.61. The predicted molar refractivity (Wildman–Crippen MR) is 122 cm³/mol. The first kappa shape index (κ1) is 26.9. The standard InChI is InChI=1S/C25H41NO5/c1-5-8-9-10-11-12-17-25(26-20(4)27)18-15-21(16-19-25)13-14-22(23(28)30-6-2)24(29)31-7-3/h15-16,18,22H,5-14,17,19H2,1-4H3,(H,26,27). The molecule has 1 rings (SSSR count). The highest BCUT2D eigenvalue weighted by atomic mass is 16.6. The van der Waals surface area contributed by atoms with Crippen LogP contribution >= 0.6 is 0 Å². The van der Waals surface area contributed by atoms with Crippen molar-refractivity contribution in [2.24, 2.45) is 5.92 Å². The number of allylic oxidation sites excluding steroid dienone is 2. The molecule has 0 aromatic heterocycles. The van der Waals surface area contributed by atoms with Gasteiger partial charge in [-0.2, -0.15) is 0 Å². The first-order valence-corrected chi connectivity index (χ1v) is 11.9. The number of hydrogen-bond acceptors (Lipinski definition) is 5. The molecule has 0 saturated heterocycles. The highest BCUT2D eigenvalue weighted by Crippen LogP contribution is 2.29. The molecule has 0 fully saturated rings. The van der Waals surface area contributed by atoms with Crippen molar-refractivity contribution in [3.63, 3.8) is 0 Å². The molecule has 0 heterocycles. The Morgan fingerprint density at radius 2 is 1.61 bits per heavy atom. The van der Waals surface area contributed by atoms with Crippen molar-refractivity contribution in [1.82, 2.24) is 5.32 Å². The van der Waals surface area contributed by atoms with Crippen molar-refractivity contribution in [3.05, 3.63) is 23.8 Å². The molecule has 0 bridgehead atoms. The Kier molecular flexibility index (Phi) is 12.9. The number of rotatable bonds is 15. The smallest absolute Gasteiger partial charge is 0.320 e. The van der Waals surface area contributed by atoms with E-state index in [1.165, 1.54) is 32.1 Å². The molecule has 176 valence electrons. The van der Waals surface area contributed by atoms with E-state index in [1.54, 1.807) is 20.8 Å². The summed E-state index contributed by atoms with van der Waals surface area (Å²) in [6.07, 6.45) is 16.0. The number of carbonyl (C=O) groups excluding carboxylic acids is 3. The topological polar surface area (TPSA) is 81.7 Å². The van der Waals surface area contributed by atoms with Crippen molar-refractivity contribution in [3.8, 4) is 0 Å². The molecule has 0 aromatic carbocycles. The predicted octanol–water partition coefficient (Wildman–Crippen LogP) is 5.02. The molecule has 1 atom stereocenters. The van der Waals surface area contributed by atoms with Gasteiger partial charge in [-0.15, -0.1) is 0 Å². The first-order valence-electron chi connectivity index (χ1n) is 11.9. The second-order valence-corrected chi connectivity index (χ2v) is 8.27.